The average Bonchev–Trinajstić information content (AvgIpc) is 2.49. The fourth-order valence-corrected chi connectivity index (χ4v) is 2.83. The van der Waals surface area contributed by atoms with Crippen LogP contribution in [0.15, 0.2) is 42.5 Å². The summed E-state index contributed by atoms with van der Waals surface area (Å²) in [5, 5.41) is 9.30. The molecule has 0 aliphatic carbocycles. The smallest absolute Gasteiger partial charge is 0.231 e. The molecule has 2 aromatic rings. The quantitative estimate of drug-likeness (QED) is 0.918. The second-order valence-electron chi connectivity index (χ2n) is 5.62. The number of aryl methyl sites for hydroxylation is 2. The van der Waals surface area contributed by atoms with Gasteiger partial charge in [0.2, 0.25) is 5.91 Å². The summed E-state index contributed by atoms with van der Waals surface area (Å²) in [6, 6.07) is 13.2. The normalized spacial score (nSPS) is 13.9. The predicted molar refractivity (Wildman–Crippen MR) is 83.7 cm³/mol. The van der Waals surface area contributed by atoms with E-state index in [-0.39, 0.29) is 11.7 Å². The Morgan fingerprint density at radius 1 is 1.19 bits per heavy atom. The maximum absolute atomic E-state index is 12.6. The van der Waals surface area contributed by atoms with Gasteiger partial charge in [0.1, 0.15) is 5.75 Å². The van der Waals surface area contributed by atoms with Crippen LogP contribution in [0.2, 0.25) is 0 Å². The second-order valence-corrected chi connectivity index (χ2v) is 5.62. The van der Waals surface area contributed by atoms with Crippen LogP contribution < -0.4 is 4.90 Å². The lowest BCUT2D eigenvalue weighted by Gasteiger charge is -2.30. The maximum atomic E-state index is 12.6. The molecule has 0 fully saturated rings. The molecule has 0 radical (unpaired) electrons. The summed E-state index contributed by atoms with van der Waals surface area (Å²) in [7, 11) is 0. The topological polar surface area (TPSA) is 40.5 Å². The first-order chi connectivity index (χ1) is 10.1. The van der Waals surface area contributed by atoms with Crippen LogP contribution >= 0.6 is 0 Å². The molecule has 0 unspecified atom stereocenters. The molecule has 0 saturated heterocycles. The van der Waals surface area contributed by atoms with Crippen LogP contribution in [0, 0.1) is 6.92 Å². The van der Waals surface area contributed by atoms with Gasteiger partial charge in [0.25, 0.3) is 0 Å². The number of nitrogens with zero attached hydrogens (tertiary/aromatic N) is 1. The van der Waals surface area contributed by atoms with Crippen molar-refractivity contribution in [2.45, 2.75) is 26.2 Å². The third-order valence-electron chi connectivity index (χ3n) is 3.95. The van der Waals surface area contributed by atoms with Gasteiger partial charge in [-0.3, -0.25) is 4.79 Å². The maximum Gasteiger partial charge on any atom is 0.231 e. The van der Waals surface area contributed by atoms with Gasteiger partial charge in [-0.25, -0.2) is 0 Å². The first-order valence-electron chi connectivity index (χ1n) is 7.31. The van der Waals surface area contributed by atoms with Crippen LogP contribution in [-0.2, 0) is 17.6 Å². The van der Waals surface area contributed by atoms with Crippen LogP contribution in [0.5, 0.6) is 5.75 Å². The molecule has 1 amide bonds. The molecule has 3 rings (SSSR count). The fraction of sp³-hybridized carbons (Fsp3) is 0.278. The summed E-state index contributed by atoms with van der Waals surface area (Å²) in [5.41, 5.74) is 4.42. The van der Waals surface area contributed by atoms with Crippen molar-refractivity contribution in [1.29, 1.82) is 0 Å². The number of benzene rings is 2. The summed E-state index contributed by atoms with van der Waals surface area (Å²) in [6.45, 7) is 2.84. The molecule has 2 aromatic carbocycles. The van der Waals surface area contributed by atoms with Crippen LogP contribution in [0.3, 0.4) is 0 Å². The van der Waals surface area contributed by atoms with Gasteiger partial charge in [0.05, 0.1) is 6.42 Å². The SMILES string of the molecule is Cc1ccc2c(c1)N(C(=O)Cc1ccc(O)cc1)CCC2. The molecule has 3 nitrogen and oxygen atoms in total. The van der Waals surface area contributed by atoms with Crippen LogP contribution in [-0.4, -0.2) is 17.6 Å². The molecular formula is C18H19NO2. The summed E-state index contributed by atoms with van der Waals surface area (Å²) in [6.07, 6.45) is 2.42. The minimum absolute atomic E-state index is 0.118. The Morgan fingerprint density at radius 2 is 1.95 bits per heavy atom. The highest BCUT2D eigenvalue weighted by molar-refractivity contribution is 5.96. The van der Waals surface area contributed by atoms with E-state index >= 15 is 0 Å². The molecule has 1 aliphatic rings. The minimum Gasteiger partial charge on any atom is -0.508 e. The number of amides is 1. The minimum atomic E-state index is 0.118. The number of carbonyl (C=O) groups excluding carboxylic acids is 1. The Kier molecular flexibility index (Phi) is 3.65. The highest BCUT2D eigenvalue weighted by atomic mass is 16.3. The summed E-state index contributed by atoms with van der Waals surface area (Å²) in [4.78, 5) is 14.5. The van der Waals surface area contributed by atoms with Crippen molar-refractivity contribution < 1.29 is 9.90 Å². The standard InChI is InChI=1S/C18H19NO2/c1-13-4-7-15-3-2-10-19(17(15)11-13)18(21)12-14-5-8-16(20)9-6-14/h4-9,11,20H,2-3,10,12H2,1H3. The van der Waals surface area contributed by atoms with Gasteiger partial charge in [-0.2, -0.15) is 0 Å². The van der Waals surface area contributed by atoms with Gasteiger partial charge in [0, 0.05) is 12.2 Å². The number of rotatable bonds is 2. The largest absolute Gasteiger partial charge is 0.508 e. The van der Waals surface area contributed by atoms with E-state index in [0.29, 0.717) is 6.42 Å². The van der Waals surface area contributed by atoms with E-state index in [1.807, 2.05) is 4.90 Å². The molecule has 0 saturated carbocycles. The van der Waals surface area contributed by atoms with Crippen molar-refractivity contribution >= 4 is 11.6 Å². The van der Waals surface area contributed by atoms with Crippen molar-refractivity contribution in [3.8, 4) is 5.75 Å². The predicted octanol–water partition coefficient (Wildman–Crippen LogP) is 3.22. The van der Waals surface area contributed by atoms with Gasteiger partial charge in [-0.1, -0.05) is 24.3 Å². The number of fused-ring (bicyclic) bond motifs is 1. The summed E-state index contributed by atoms with van der Waals surface area (Å²) < 4.78 is 0. The van der Waals surface area contributed by atoms with Crippen molar-refractivity contribution in [3.63, 3.8) is 0 Å². The Balaban J connectivity index is 1.83. The highest BCUT2D eigenvalue weighted by Gasteiger charge is 2.22. The number of phenols is 1. The Morgan fingerprint density at radius 3 is 2.71 bits per heavy atom. The lowest BCUT2D eigenvalue weighted by Crippen LogP contribution is -2.36. The van der Waals surface area contributed by atoms with E-state index in [4.69, 9.17) is 0 Å². The number of anilines is 1. The highest BCUT2D eigenvalue weighted by Crippen LogP contribution is 2.28. The molecule has 108 valence electrons. The first kappa shape index (κ1) is 13.7. The van der Waals surface area contributed by atoms with E-state index in [1.54, 1.807) is 24.3 Å². The van der Waals surface area contributed by atoms with Crippen LogP contribution in [0.4, 0.5) is 5.69 Å². The molecule has 1 N–H and O–H groups in total. The number of hydrogen-bond acceptors (Lipinski definition) is 2. The van der Waals surface area contributed by atoms with Crippen molar-refractivity contribution in [3.05, 3.63) is 59.2 Å². The van der Waals surface area contributed by atoms with Gasteiger partial charge in [-0.15, -0.1) is 0 Å². The van der Waals surface area contributed by atoms with E-state index in [2.05, 4.69) is 25.1 Å². The Hall–Kier alpha value is -2.29. The summed E-state index contributed by atoms with van der Waals surface area (Å²) >= 11 is 0. The van der Waals surface area contributed by atoms with Crippen molar-refractivity contribution in [1.82, 2.24) is 0 Å². The number of phenolic OH excluding ortho intramolecular Hbond substituents is 1. The monoisotopic (exact) mass is 281 g/mol. The van der Waals surface area contributed by atoms with Gasteiger partial charge in [0.15, 0.2) is 0 Å². The number of aromatic hydroxyl groups is 1. The Bertz CT molecular complexity index is 661. The van der Waals surface area contributed by atoms with Crippen molar-refractivity contribution in [2.75, 3.05) is 11.4 Å². The second kappa shape index (κ2) is 5.60. The fourth-order valence-electron chi connectivity index (χ4n) is 2.83. The molecule has 21 heavy (non-hydrogen) atoms. The average molecular weight is 281 g/mol. The molecular weight excluding hydrogens is 262 g/mol. The number of hydrogen-bond donors (Lipinski definition) is 1. The summed E-state index contributed by atoms with van der Waals surface area (Å²) in [5.74, 6) is 0.345. The van der Waals surface area contributed by atoms with Gasteiger partial charge in [-0.05, 0) is 54.7 Å². The zero-order valence-corrected chi connectivity index (χ0v) is 12.2. The van der Waals surface area contributed by atoms with E-state index in [0.717, 1.165) is 30.6 Å². The van der Waals surface area contributed by atoms with E-state index in [1.165, 1.54) is 11.1 Å². The van der Waals surface area contributed by atoms with E-state index in [9.17, 15) is 9.90 Å². The van der Waals surface area contributed by atoms with Crippen molar-refractivity contribution in [2.24, 2.45) is 0 Å². The van der Waals surface area contributed by atoms with Crippen LogP contribution in [0.1, 0.15) is 23.1 Å². The lowest BCUT2D eigenvalue weighted by molar-refractivity contribution is -0.118. The van der Waals surface area contributed by atoms with E-state index < -0.39 is 0 Å². The Labute approximate surface area is 124 Å². The molecule has 0 atom stereocenters. The first-order valence-corrected chi connectivity index (χ1v) is 7.31. The molecule has 3 heteroatoms. The molecule has 0 spiro atoms. The molecule has 0 bridgehead atoms. The number of carbonyl (C=O) groups is 1. The lowest BCUT2D eigenvalue weighted by atomic mass is 9.99. The molecule has 1 aliphatic heterocycles. The zero-order valence-electron chi connectivity index (χ0n) is 12.2. The van der Waals surface area contributed by atoms with Crippen LogP contribution in [0.25, 0.3) is 0 Å². The van der Waals surface area contributed by atoms with Gasteiger partial charge < -0.3 is 10.0 Å². The van der Waals surface area contributed by atoms with Gasteiger partial charge >= 0.3 is 0 Å². The third kappa shape index (κ3) is 2.92. The third-order valence-corrected chi connectivity index (χ3v) is 3.95. The zero-order chi connectivity index (χ0) is 14.8. The molecule has 0 aromatic heterocycles. The molecule has 1 heterocycles.